The van der Waals surface area contributed by atoms with Crippen LogP contribution in [0.5, 0.6) is 0 Å². The van der Waals surface area contributed by atoms with Crippen LogP contribution in [0.25, 0.3) is 0 Å². The molecule has 0 aromatic carbocycles. The predicted octanol–water partition coefficient (Wildman–Crippen LogP) is -0.966. The van der Waals surface area contributed by atoms with E-state index in [1.165, 1.54) is 0 Å². The van der Waals surface area contributed by atoms with Crippen LogP contribution in [0.2, 0.25) is 0 Å². The maximum absolute atomic E-state index is 10.1. The molecule has 0 unspecified atom stereocenters. The molecule has 0 radical (unpaired) electrons. The Balaban J connectivity index is 2.78. The van der Waals surface area contributed by atoms with Gasteiger partial charge in [0.15, 0.2) is 0 Å². The van der Waals surface area contributed by atoms with Gasteiger partial charge < -0.3 is 0 Å². The first kappa shape index (κ1) is 4.62. The van der Waals surface area contributed by atoms with Crippen molar-refractivity contribution < 1.29 is 8.42 Å². The molecule has 36 valence electrons. The summed E-state index contributed by atoms with van der Waals surface area (Å²) in [6, 6.07) is 0. The number of hydrogen-bond donors (Lipinski definition) is 0. The van der Waals surface area contributed by atoms with E-state index in [0.29, 0.717) is 24.3 Å². The van der Waals surface area contributed by atoms with Gasteiger partial charge in [0.2, 0.25) is 0 Å². The van der Waals surface area contributed by atoms with Gasteiger partial charge in [-0.2, -0.15) is 0 Å². The van der Waals surface area contributed by atoms with Crippen LogP contribution < -0.4 is 0 Å². The Bertz CT molecular complexity index is 126. The van der Waals surface area contributed by atoms with Gasteiger partial charge in [0.05, 0.1) is 0 Å². The molecule has 2 nitrogen and oxygen atoms in total. The minimum absolute atomic E-state index is 0.443. The van der Waals surface area contributed by atoms with Gasteiger partial charge in [0.25, 0.3) is 0 Å². The molecule has 0 atom stereocenters. The fraction of sp³-hybridized carbons (Fsp3) is 1.00. The summed E-state index contributed by atoms with van der Waals surface area (Å²) >= 11 is 0.443. The summed E-state index contributed by atoms with van der Waals surface area (Å²) in [6.07, 6.45) is 0. The van der Waals surface area contributed by atoms with E-state index in [0.717, 1.165) is 0 Å². The summed E-state index contributed by atoms with van der Waals surface area (Å²) in [5.74, 6) is 0. The molecule has 1 rings (SSSR count). The average molecular weight is 171 g/mol. The summed E-state index contributed by atoms with van der Waals surface area (Å²) in [4.78, 5) is 0. The summed E-state index contributed by atoms with van der Waals surface area (Å²) in [5.41, 5.74) is 0. The van der Waals surface area contributed by atoms with E-state index < -0.39 is 9.84 Å². The van der Waals surface area contributed by atoms with Gasteiger partial charge in [-0.1, -0.05) is 0 Å². The van der Waals surface area contributed by atoms with Gasteiger partial charge in [-0.25, -0.2) is 0 Å². The zero-order valence-corrected chi connectivity index (χ0v) is 5.58. The normalized spacial score (nSPS) is 28.7. The van der Waals surface area contributed by atoms with Gasteiger partial charge in [-0.05, 0) is 0 Å². The summed E-state index contributed by atoms with van der Waals surface area (Å²) in [7, 11) is -2.45. The third-order valence-corrected chi connectivity index (χ3v) is 8.20. The molecule has 0 aromatic heterocycles. The van der Waals surface area contributed by atoms with Gasteiger partial charge in [-0.15, -0.1) is 0 Å². The molecular formula is C2H4O2SSe. The molecule has 0 bridgehead atoms. The molecule has 1 saturated heterocycles. The van der Waals surface area contributed by atoms with Crippen LogP contribution >= 0.6 is 0 Å². The number of rotatable bonds is 0. The quantitative estimate of drug-likeness (QED) is 0.439. The van der Waals surface area contributed by atoms with E-state index in [4.69, 9.17) is 0 Å². The van der Waals surface area contributed by atoms with Crippen LogP contribution in [-0.4, -0.2) is 32.7 Å². The summed E-state index contributed by atoms with van der Waals surface area (Å²) in [6.45, 7) is 0. The van der Waals surface area contributed by atoms with E-state index in [9.17, 15) is 8.42 Å². The van der Waals surface area contributed by atoms with E-state index in [2.05, 4.69) is 0 Å². The van der Waals surface area contributed by atoms with Crippen LogP contribution in [0, 0.1) is 0 Å². The summed E-state index contributed by atoms with van der Waals surface area (Å²) < 4.78 is 21.2. The molecule has 0 aliphatic carbocycles. The minimum atomic E-state index is -2.45. The zero-order valence-electron chi connectivity index (χ0n) is 3.05. The van der Waals surface area contributed by atoms with Crippen LogP contribution in [0.15, 0.2) is 0 Å². The first-order valence-corrected chi connectivity index (χ1v) is 5.73. The van der Waals surface area contributed by atoms with E-state index >= 15 is 0 Å². The molecule has 6 heavy (non-hydrogen) atoms. The van der Waals surface area contributed by atoms with E-state index in [1.807, 2.05) is 0 Å². The van der Waals surface area contributed by atoms with Crippen molar-refractivity contribution in [2.45, 2.75) is 0 Å². The van der Waals surface area contributed by atoms with Crippen molar-refractivity contribution in [1.29, 1.82) is 0 Å². The molecule has 4 heteroatoms. The molecule has 0 aromatic rings. The van der Waals surface area contributed by atoms with Gasteiger partial charge in [-0.3, -0.25) is 0 Å². The van der Waals surface area contributed by atoms with Crippen LogP contribution in [0.1, 0.15) is 0 Å². The van der Waals surface area contributed by atoms with Crippen molar-refractivity contribution in [2.75, 3.05) is 9.30 Å². The first-order valence-electron chi connectivity index (χ1n) is 1.49. The predicted molar refractivity (Wildman–Crippen MR) is 24.4 cm³/mol. The summed E-state index contributed by atoms with van der Waals surface area (Å²) in [5, 5.41) is 0. The number of sulfone groups is 1. The molecule has 0 N–H and O–H groups in total. The van der Waals surface area contributed by atoms with E-state index in [-0.39, 0.29) is 0 Å². The molecular weight excluding hydrogens is 167 g/mol. The van der Waals surface area contributed by atoms with Crippen molar-refractivity contribution in [3.63, 3.8) is 0 Å². The molecule has 1 heterocycles. The number of hydrogen-bond acceptors (Lipinski definition) is 2. The van der Waals surface area contributed by atoms with Crippen molar-refractivity contribution in [3.05, 3.63) is 0 Å². The van der Waals surface area contributed by atoms with Crippen LogP contribution in [0.3, 0.4) is 0 Å². The Kier molecular flexibility index (Phi) is 0.939. The molecule has 0 amide bonds. The second-order valence-electron chi connectivity index (χ2n) is 1.18. The average Bonchev–Trinajstić information content (AvgIpc) is 1.32. The Labute approximate surface area is 43.0 Å². The maximum atomic E-state index is 10.1. The Hall–Kier alpha value is 0.469. The fourth-order valence-corrected chi connectivity index (χ4v) is 3.42. The molecule has 1 aliphatic rings. The molecule has 0 saturated carbocycles. The van der Waals surface area contributed by atoms with Crippen molar-refractivity contribution in [3.8, 4) is 0 Å². The van der Waals surface area contributed by atoms with Crippen LogP contribution in [-0.2, 0) is 9.84 Å². The Morgan fingerprint density at radius 3 is 1.67 bits per heavy atom. The second-order valence-corrected chi connectivity index (χ2v) is 6.97. The fourth-order valence-electron chi connectivity index (χ4n) is 0.219. The SMILES string of the molecule is O=S1(=O)C[Se]C1. The topological polar surface area (TPSA) is 34.1 Å². The van der Waals surface area contributed by atoms with Crippen molar-refractivity contribution in [1.82, 2.24) is 0 Å². The Morgan fingerprint density at radius 2 is 1.67 bits per heavy atom. The van der Waals surface area contributed by atoms with Crippen molar-refractivity contribution in [2.24, 2.45) is 0 Å². The second kappa shape index (κ2) is 1.22. The Morgan fingerprint density at radius 1 is 1.33 bits per heavy atom. The monoisotopic (exact) mass is 172 g/mol. The van der Waals surface area contributed by atoms with Crippen LogP contribution in [0.4, 0.5) is 0 Å². The van der Waals surface area contributed by atoms with Gasteiger partial charge >= 0.3 is 42.5 Å². The third kappa shape index (κ3) is 0.750. The third-order valence-electron chi connectivity index (χ3n) is 0.526. The molecule has 1 aliphatic heterocycles. The van der Waals surface area contributed by atoms with Gasteiger partial charge in [0, 0.05) is 0 Å². The van der Waals surface area contributed by atoms with E-state index in [1.54, 1.807) is 0 Å². The van der Waals surface area contributed by atoms with Crippen molar-refractivity contribution >= 4 is 24.8 Å². The molecule has 1 fully saturated rings. The molecule has 0 spiro atoms. The van der Waals surface area contributed by atoms with Gasteiger partial charge in [0.1, 0.15) is 0 Å². The standard InChI is InChI=1S/C2H4O2SSe/c3-5(4)1-6-2-5/h1-2H2. The zero-order chi connectivity index (χ0) is 4.62. The first-order chi connectivity index (χ1) is 2.71.